The van der Waals surface area contributed by atoms with Crippen molar-refractivity contribution in [1.29, 1.82) is 0 Å². The Morgan fingerprint density at radius 3 is 2.42 bits per heavy atom. The number of methoxy groups -OCH3 is 1. The number of hydrogen-bond donors (Lipinski definition) is 0. The zero-order valence-electron chi connectivity index (χ0n) is 13.5. The minimum Gasteiger partial charge on any atom is -0.495 e. The van der Waals surface area contributed by atoms with Crippen LogP contribution in [0.25, 0.3) is 0 Å². The fraction of sp³-hybridized carbons (Fsp3) is 0.375. The zero-order chi connectivity index (χ0) is 17.3. The van der Waals surface area contributed by atoms with Crippen LogP contribution < -0.4 is 9.64 Å². The van der Waals surface area contributed by atoms with Crippen LogP contribution in [0.3, 0.4) is 0 Å². The second-order valence-electron chi connectivity index (χ2n) is 5.57. The summed E-state index contributed by atoms with van der Waals surface area (Å²) >= 11 is 7.40. The van der Waals surface area contributed by atoms with Gasteiger partial charge in [0.25, 0.3) is 10.0 Å². The summed E-state index contributed by atoms with van der Waals surface area (Å²) in [4.78, 5) is 3.10. The first-order valence-corrected chi connectivity index (χ1v) is 10.2. The van der Waals surface area contributed by atoms with Gasteiger partial charge in [-0.1, -0.05) is 11.6 Å². The highest BCUT2D eigenvalue weighted by atomic mass is 35.5. The van der Waals surface area contributed by atoms with E-state index >= 15 is 0 Å². The molecule has 5 nitrogen and oxygen atoms in total. The van der Waals surface area contributed by atoms with Gasteiger partial charge in [0.15, 0.2) is 0 Å². The van der Waals surface area contributed by atoms with Crippen molar-refractivity contribution in [2.75, 3.05) is 38.2 Å². The monoisotopic (exact) mass is 386 g/mol. The molecule has 3 rings (SSSR count). The van der Waals surface area contributed by atoms with Crippen LogP contribution in [-0.4, -0.2) is 46.0 Å². The Bertz CT molecular complexity index is 828. The van der Waals surface area contributed by atoms with Gasteiger partial charge in [-0.15, -0.1) is 11.3 Å². The van der Waals surface area contributed by atoms with E-state index in [9.17, 15) is 8.42 Å². The largest absolute Gasteiger partial charge is 0.495 e. The van der Waals surface area contributed by atoms with E-state index in [4.69, 9.17) is 16.3 Å². The molecule has 1 fully saturated rings. The quantitative estimate of drug-likeness (QED) is 0.809. The maximum absolute atomic E-state index is 12.7. The number of benzene rings is 1. The van der Waals surface area contributed by atoms with Crippen LogP contribution in [0, 0.1) is 6.92 Å². The van der Waals surface area contributed by atoms with E-state index in [1.165, 1.54) is 11.3 Å². The number of rotatable bonds is 4. The highest BCUT2D eigenvalue weighted by molar-refractivity contribution is 7.91. The van der Waals surface area contributed by atoms with E-state index in [-0.39, 0.29) is 0 Å². The van der Waals surface area contributed by atoms with Crippen molar-refractivity contribution in [1.82, 2.24) is 4.31 Å². The molecule has 0 atom stereocenters. The first-order chi connectivity index (χ1) is 11.4. The molecule has 0 amide bonds. The second-order valence-corrected chi connectivity index (χ2v) is 9.46. The topological polar surface area (TPSA) is 49.9 Å². The van der Waals surface area contributed by atoms with Crippen molar-refractivity contribution >= 4 is 38.6 Å². The first kappa shape index (κ1) is 17.5. The van der Waals surface area contributed by atoms with Gasteiger partial charge in [-0.25, -0.2) is 8.42 Å². The lowest BCUT2D eigenvalue weighted by atomic mass is 10.2. The minimum atomic E-state index is -3.40. The summed E-state index contributed by atoms with van der Waals surface area (Å²) in [6, 6.07) is 8.98. The van der Waals surface area contributed by atoms with Crippen molar-refractivity contribution in [3.05, 3.63) is 40.2 Å². The van der Waals surface area contributed by atoms with Crippen molar-refractivity contribution in [3.63, 3.8) is 0 Å². The molecule has 0 saturated carbocycles. The lowest BCUT2D eigenvalue weighted by molar-refractivity contribution is 0.379. The van der Waals surface area contributed by atoms with Crippen molar-refractivity contribution in [2.45, 2.75) is 11.1 Å². The van der Waals surface area contributed by atoms with Crippen molar-refractivity contribution in [2.24, 2.45) is 0 Å². The molecule has 1 aliphatic rings. The number of piperazine rings is 1. The number of nitrogens with zero attached hydrogens (tertiary/aromatic N) is 2. The molecule has 0 aliphatic carbocycles. The van der Waals surface area contributed by atoms with Gasteiger partial charge in [0.1, 0.15) is 9.96 Å². The molecule has 0 bridgehead atoms. The predicted octanol–water partition coefficient (Wildman–Crippen LogP) is 3.23. The molecular formula is C16H19ClN2O3S2. The van der Waals surface area contributed by atoms with Crippen molar-refractivity contribution < 1.29 is 13.2 Å². The number of hydrogen-bond acceptors (Lipinski definition) is 5. The third-order valence-electron chi connectivity index (χ3n) is 4.03. The minimum absolute atomic E-state index is 0.411. The maximum atomic E-state index is 12.7. The lowest BCUT2D eigenvalue weighted by Crippen LogP contribution is -2.48. The Kier molecular flexibility index (Phi) is 5.05. The van der Waals surface area contributed by atoms with Crippen LogP contribution in [0.2, 0.25) is 5.02 Å². The average Bonchev–Trinajstić information content (AvgIpc) is 3.02. The summed E-state index contributed by atoms with van der Waals surface area (Å²) in [7, 11) is -1.79. The Balaban J connectivity index is 1.76. The molecule has 8 heteroatoms. The number of halogens is 1. The molecule has 1 aliphatic heterocycles. The molecule has 0 N–H and O–H groups in total. The van der Waals surface area contributed by atoms with Crippen LogP contribution in [0.1, 0.15) is 4.88 Å². The summed E-state index contributed by atoms with van der Waals surface area (Å²) < 4.78 is 32.7. The first-order valence-electron chi connectivity index (χ1n) is 7.57. The van der Waals surface area contributed by atoms with E-state index in [2.05, 4.69) is 4.90 Å². The third kappa shape index (κ3) is 3.39. The molecule has 2 aromatic rings. The molecular weight excluding hydrogens is 368 g/mol. The van der Waals surface area contributed by atoms with E-state index < -0.39 is 10.0 Å². The van der Waals surface area contributed by atoms with Crippen LogP contribution in [0.4, 0.5) is 5.69 Å². The van der Waals surface area contributed by atoms with E-state index in [1.807, 2.05) is 25.1 Å². The summed E-state index contributed by atoms with van der Waals surface area (Å²) in [6.07, 6.45) is 0. The van der Waals surface area contributed by atoms with Gasteiger partial charge < -0.3 is 9.64 Å². The van der Waals surface area contributed by atoms with Crippen LogP contribution in [0.5, 0.6) is 5.75 Å². The maximum Gasteiger partial charge on any atom is 0.252 e. The van der Waals surface area contributed by atoms with Gasteiger partial charge in [0, 0.05) is 36.1 Å². The number of aryl methyl sites for hydroxylation is 1. The van der Waals surface area contributed by atoms with Gasteiger partial charge >= 0.3 is 0 Å². The van der Waals surface area contributed by atoms with Crippen molar-refractivity contribution in [3.8, 4) is 5.75 Å². The molecule has 1 saturated heterocycles. The van der Waals surface area contributed by atoms with Crippen LogP contribution in [-0.2, 0) is 10.0 Å². The normalized spacial score (nSPS) is 16.4. The molecule has 1 aromatic carbocycles. The molecule has 130 valence electrons. The fourth-order valence-electron chi connectivity index (χ4n) is 2.76. The highest BCUT2D eigenvalue weighted by Crippen LogP contribution is 2.33. The van der Waals surface area contributed by atoms with Gasteiger partial charge in [-0.2, -0.15) is 4.31 Å². The Morgan fingerprint density at radius 2 is 1.83 bits per heavy atom. The molecule has 0 unspecified atom stereocenters. The summed E-state index contributed by atoms with van der Waals surface area (Å²) in [6.45, 7) is 3.98. The number of sulfonamides is 1. The van der Waals surface area contributed by atoms with Crippen LogP contribution in [0.15, 0.2) is 34.5 Å². The van der Waals surface area contributed by atoms with E-state index in [0.29, 0.717) is 35.4 Å². The average molecular weight is 387 g/mol. The Morgan fingerprint density at radius 1 is 1.12 bits per heavy atom. The standard InChI is InChI=1S/C16H19ClN2O3S2/c1-12-3-6-16(23-12)24(20,21)19-9-7-18(8-10-19)14-11-13(17)4-5-15(14)22-2/h3-6,11H,7-10H2,1-2H3. The summed E-state index contributed by atoms with van der Waals surface area (Å²) in [5.41, 5.74) is 0.897. The van der Waals surface area contributed by atoms with Crippen LogP contribution >= 0.6 is 22.9 Å². The summed E-state index contributed by atoms with van der Waals surface area (Å²) in [5, 5.41) is 0.634. The fourth-order valence-corrected chi connectivity index (χ4v) is 5.78. The van der Waals surface area contributed by atoms with Gasteiger partial charge in [0.05, 0.1) is 12.8 Å². The van der Waals surface area contributed by atoms with E-state index in [0.717, 1.165) is 16.3 Å². The predicted molar refractivity (Wildman–Crippen MR) is 98.0 cm³/mol. The van der Waals surface area contributed by atoms with Gasteiger partial charge in [-0.05, 0) is 37.3 Å². The SMILES string of the molecule is COc1ccc(Cl)cc1N1CCN(S(=O)(=O)c2ccc(C)s2)CC1. The smallest absolute Gasteiger partial charge is 0.252 e. The second kappa shape index (κ2) is 6.92. The molecule has 0 radical (unpaired) electrons. The number of thiophene rings is 1. The summed E-state index contributed by atoms with van der Waals surface area (Å²) in [5.74, 6) is 0.740. The molecule has 24 heavy (non-hydrogen) atoms. The molecule has 1 aromatic heterocycles. The third-order valence-corrected chi connectivity index (χ3v) is 7.63. The Hall–Kier alpha value is -1.28. The number of anilines is 1. The molecule has 2 heterocycles. The zero-order valence-corrected chi connectivity index (χ0v) is 15.9. The highest BCUT2D eigenvalue weighted by Gasteiger charge is 2.30. The molecule has 0 spiro atoms. The Labute approximate surface area is 151 Å². The van der Waals surface area contributed by atoms with Gasteiger partial charge in [-0.3, -0.25) is 0 Å². The lowest BCUT2D eigenvalue weighted by Gasteiger charge is -2.35. The van der Waals surface area contributed by atoms with Gasteiger partial charge in [0.2, 0.25) is 0 Å². The van der Waals surface area contributed by atoms with E-state index in [1.54, 1.807) is 23.5 Å². The number of ether oxygens (including phenoxy) is 1.